The number of carboxylic acid groups (broad SMARTS) is 1. The summed E-state index contributed by atoms with van der Waals surface area (Å²) >= 11 is 0. The number of nitrogens with zero attached hydrogens (tertiary/aromatic N) is 1. The number of aliphatic carboxylic acids is 1. The third kappa shape index (κ3) is 1.75. The zero-order valence-corrected chi connectivity index (χ0v) is 10.1. The Bertz CT molecular complexity index is 525. The minimum Gasteiger partial charge on any atom is -0.482 e. The molecular formula is C12H14N2O4. The Morgan fingerprint density at radius 2 is 2.17 bits per heavy atom. The molecule has 3 N–H and O–H groups in total. The van der Waals surface area contributed by atoms with E-state index in [4.69, 9.17) is 10.5 Å². The van der Waals surface area contributed by atoms with Gasteiger partial charge in [0, 0.05) is 5.69 Å². The predicted octanol–water partition coefficient (Wildman–Crippen LogP) is 0.857. The second-order valence-electron chi connectivity index (χ2n) is 4.61. The molecule has 1 amide bonds. The van der Waals surface area contributed by atoms with Crippen LogP contribution < -0.4 is 15.4 Å². The first-order chi connectivity index (χ1) is 8.34. The fourth-order valence-electron chi connectivity index (χ4n) is 1.88. The van der Waals surface area contributed by atoms with Crippen LogP contribution in [0.5, 0.6) is 5.75 Å². The van der Waals surface area contributed by atoms with Crippen molar-refractivity contribution in [2.75, 3.05) is 17.2 Å². The molecule has 0 saturated carbocycles. The molecule has 0 unspecified atom stereocenters. The molecule has 1 heterocycles. The number of carboxylic acids is 1. The maximum atomic E-state index is 11.9. The number of hydrogen-bond donors (Lipinski definition) is 2. The van der Waals surface area contributed by atoms with Crippen LogP contribution in [0, 0.1) is 0 Å². The number of nitrogens with two attached hydrogens (primary N) is 1. The van der Waals surface area contributed by atoms with Gasteiger partial charge in [-0.15, -0.1) is 0 Å². The monoisotopic (exact) mass is 250 g/mol. The van der Waals surface area contributed by atoms with Crippen molar-refractivity contribution < 1.29 is 19.4 Å². The van der Waals surface area contributed by atoms with Crippen LogP contribution in [0.1, 0.15) is 13.8 Å². The van der Waals surface area contributed by atoms with Gasteiger partial charge in [-0.2, -0.15) is 0 Å². The zero-order chi connectivity index (χ0) is 13.5. The van der Waals surface area contributed by atoms with E-state index < -0.39 is 17.4 Å². The quantitative estimate of drug-likeness (QED) is 0.759. The maximum Gasteiger partial charge on any atom is 0.329 e. The lowest BCUT2D eigenvalue weighted by molar-refractivity contribution is -0.144. The van der Waals surface area contributed by atoms with E-state index in [9.17, 15) is 14.7 Å². The number of fused-ring (bicyclic) bond motifs is 1. The molecule has 6 nitrogen and oxygen atoms in total. The van der Waals surface area contributed by atoms with Gasteiger partial charge < -0.3 is 15.6 Å². The van der Waals surface area contributed by atoms with Crippen LogP contribution in [0.15, 0.2) is 18.2 Å². The molecule has 6 heteroatoms. The number of nitrogen functional groups attached to an aromatic ring is 1. The van der Waals surface area contributed by atoms with E-state index in [-0.39, 0.29) is 6.61 Å². The van der Waals surface area contributed by atoms with Gasteiger partial charge in [0.2, 0.25) is 0 Å². The molecule has 1 aliphatic heterocycles. The molecule has 1 aromatic rings. The molecule has 0 aromatic heterocycles. The van der Waals surface area contributed by atoms with E-state index in [1.165, 1.54) is 24.8 Å². The predicted molar refractivity (Wildman–Crippen MR) is 65.6 cm³/mol. The first kappa shape index (κ1) is 12.2. The topological polar surface area (TPSA) is 92.9 Å². The number of ether oxygens (including phenoxy) is 1. The van der Waals surface area contributed by atoms with Crippen molar-refractivity contribution >= 4 is 23.3 Å². The van der Waals surface area contributed by atoms with Gasteiger partial charge in [0.15, 0.2) is 6.61 Å². The standard InChI is InChI=1S/C12H14N2O4/c1-12(2,11(16)17)14-8-5-7(13)3-4-9(8)18-6-10(14)15/h3-5H,6,13H2,1-2H3,(H,16,17). The van der Waals surface area contributed by atoms with Crippen molar-refractivity contribution in [3.63, 3.8) is 0 Å². The average Bonchev–Trinajstić information content (AvgIpc) is 2.27. The molecule has 0 spiro atoms. The highest BCUT2D eigenvalue weighted by Crippen LogP contribution is 2.37. The smallest absolute Gasteiger partial charge is 0.329 e. The summed E-state index contributed by atoms with van der Waals surface area (Å²) in [6.45, 7) is 2.75. The SMILES string of the molecule is CC(C)(C(=O)O)N1C(=O)COc2ccc(N)cc21. The molecule has 0 aliphatic carbocycles. The van der Waals surface area contributed by atoms with Crippen LogP contribution in [0.3, 0.4) is 0 Å². The first-order valence-electron chi connectivity index (χ1n) is 5.43. The van der Waals surface area contributed by atoms with Crippen LogP contribution in [0.4, 0.5) is 11.4 Å². The highest BCUT2D eigenvalue weighted by Gasteiger charge is 2.42. The summed E-state index contributed by atoms with van der Waals surface area (Å²) in [5, 5.41) is 9.24. The van der Waals surface area contributed by atoms with Gasteiger partial charge in [-0.25, -0.2) is 4.79 Å². The lowest BCUT2D eigenvalue weighted by atomic mass is 10.0. The Balaban J connectivity index is 2.58. The van der Waals surface area contributed by atoms with Crippen molar-refractivity contribution in [2.45, 2.75) is 19.4 Å². The van der Waals surface area contributed by atoms with E-state index in [2.05, 4.69) is 0 Å². The summed E-state index contributed by atoms with van der Waals surface area (Å²) in [4.78, 5) is 24.4. The lowest BCUT2D eigenvalue weighted by Gasteiger charge is -2.38. The molecule has 1 aliphatic rings. The van der Waals surface area contributed by atoms with Gasteiger partial charge in [0.25, 0.3) is 5.91 Å². The van der Waals surface area contributed by atoms with Crippen molar-refractivity contribution in [2.24, 2.45) is 0 Å². The van der Waals surface area contributed by atoms with Crippen molar-refractivity contribution in [1.29, 1.82) is 0 Å². The summed E-state index contributed by atoms with van der Waals surface area (Å²) in [5.41, 5.74) is 5.14. The van der Waals surface area contributed by atoms with E-state index >= 15 is 0 Å². The normalized spacial score (nSPS) is 15.0. The van der Waals surface area contributed by atoms with Gasteiger partial charge in [-0.1, -0.05) is 0 Å². The molecule has 0 bridgehead atoms. The second-order valence-corrected chi connectivity index (χ2v) is 4.61. The molecular weight excluding hydrogens is 236 g/mol. The summed E-state index contributed by atoms with van der Waals surface area (Å²) < 4.78 is 5.26. The Labute approximate surface area is 104 Å². The van der Waals surface area contributed by atoms with Gasteiger partial charge in [0.05, 0.1) is 5.69 Å². The van der Waals surface area contributed by atoms with Gasteiger partial charge in [-0.3, -0.25) is 9.69 Å². The largest absolute Gasteiger partial charge is 0.482 e. The van der Waals surface area contributed by atoms with Crippen molar-refractivity contribution in [3.8, 4) is 5.75 Å². The van der Waals surface area contributed by atoms with Crippen molar-refractivity contribution in [3.05, 3.63) is 18.2 Å². The van der Waals surface area contributed by atoms with Gasteiger partial charge in [0.1, 0.15) is 11.3 Å². The van der Waals surface area contributed by atoms with E-state index in [1.54, 1.807) is 12.1 Å². The highest BCUT2D eigenvalue weighted by atomic mass is 16.5. The Hall–Kier alpha value is -2.24. The third-order valence-electron chi connectivity index (χ3n) is 2.91. The van der Waals surface area contributed by atoms with E-state index in [0.717, 1.165) is 0 Å². The summed E-state index contributed by atoms with van der Waals surface area (Å²) in [7, 11) is 0. The fourth-order valence-corrected chi connectivity index (χ4v) is 1.88. The molecule has 2 rings (SSSR count). The summed E-state index contributed by atoms with van der Waals surface area (Å²) in [5.74, 6) is -1.04. The second kappa shape index (κ2) is 3.90. The minimum atomic E-state index is -1.36. The number of benzene rings is 1. The number of carbonyl (C=O) groups is 2. The van der Waals surface area contributed by atoms with Crippen LogP contribution in [-0.4, -0.2) is 29.1 Å². The molecule has 96 valence electrons. The third-order valence-corrected chi connectivity index (χ3v) is 2.91. The van der Waals surface area contributed by atoms with Crippen LogP contribution in [0.25, 0.3) is 0 Å². The molecule has 1 aromatic carbocycles. The molecule has 0 radical (unpaired) electrons. The molecule has 0 atom stereocenters. The van der Waals surface area contributed by atoms with Crippen molar-refractivity contribution in [1.82, 2.24) is 0 Å². The fraction of sp³-hybridized carbons (Fsp3) is 0.333. The molecule has 18 heavy (non-hydrogen) atoms. The zero-order valence-electron chi connectivity index (χ0n) is 10.1. The van der Waals surface area contributed by atoms with E-state index in [0.29, 0.717) is 17.1 Å². The first-order valence-corrected chi connectivity index (χ1v) is 5.43. The minimum absolute atomic E-state index is 0.173. The Kier molecular flexibility index (Phi) is 2.65. The highest BCUT2D eigenvalue weighted by molar-refractivity contribution is 6.04. The number of amides is 1. The van der Waals surface area contributed by atoms with Gasteiger partial charge in [-0.05, 0) is 32.0 Å². The van der Waals surface area contributed by atoms with E-state index in [1.807, 2.05) is 0 Å². The summed E-state index contributed by atoms with van der Waals surface area (Å²) in [6, 6.07) is 4.81. The molecule has 0 saturated heterocycles. The van der Waals surface area contributed by atoms with Crippen LogP contribution in [0.2, 0.25) is 0 Å². The number of rotatable bonds is 2. The average molecular weight is 250 g/mol. The number of hydrogen-bond acceptors (Lipinski definition) is 4. The maximum absolute atomic E-state index is 11.9. The van der Waals surface area contributed by atoms with Crippen LogP contribution in [-0.2, 0) is 9.59 Å². The molecule has 0 fully saturated rings. The van der Waals surface area contributed by atoms with Gasteiger partial charge >= 0.3 is 5.97 Å². The number of anilines is 2. The lowest BCUT2D eigenvalue weighted by Crippen LogP contribution is -2.56. The Morgan fingerprint density at radius 3 is 2.78 bits per heavy atom. The number of carbonyl (C=O) groups excluding carboxylic acids is 1. The van der Waals surface area contributed by atoms with Crippen LogP contribution >= 0.6 is 0 Å². The Morgan fingerprint density at radius 1 is 1.50 bits per heavy atom. The summed E-state index contributed by atoms with van der Waals surface area (Å²) in [6.07, 6.45) is 0.